The predicted molar refractivity (Wildman–Crippen MR) is 73.5 cm³/mol. The molecule has 5 nitrogen and oxygen atoms in total. The molecule has 2 rings (SSSR count). The summed E-state index contributed by atoms with van der Waals surface area (Å²) in [5.41, 5.74) is 5.48. The highest BCUT2D eigenvalue weighted by Crippen LogP contribution is 2.11. The summed E-state index contributed by atoms with van der Waals surface area (Å²) in [6.45, 7) is 5.77. The van der Waals surface area contributed by atoms with Gasteiger partial charge in [-0.1, -0.05) is 6.42 Å². The van der Waals surface area contributed by atoms with Crippen LogP contribution in [0.5, 0.6) is 0 Å². The van der Waals surface area contributed by atoms with Crippen LogP contribution in [-0.2, 0) is 0 Å². The average molecular weight is 267 g/mol. The summed E-state index contributed by atoms with van der Waals surface area (Å²) in [5, 5.41) is 0. The topological polar surface area (TPSA) is 58.3 Å². The van der Waals surface area contributed by atoms with Gasteiger partial charge in [-0.3, -0.25) is 4.90 Å². The number of hydrogen-bond donors (Lipinski definition) is 1. The molecule has 0 spiro atoms. The molecule has 1 fully saturated rings. The van der Waals surface area contributed by atoms with E-state index in [0.717, 1.165) is 45.7 Å². The Morgan fingerprint density at radius 1 is 1.05 bits per heavy atom. The van der Waals surface area contributed by atoms with Crippen molar-refractivity contribution in [2.45, 2.75) is 19.3 Å². The maximum atomic E-state index is 12.8. The Hall–Kier alpha value is -1.27. The first-order valence-corrected chi connectivity index (χ1v) is 6.94. The van der Waals surface area contributed by atoms with E-state index in [-0.39, 0.29) is 5.82 Å². The van der Waals surface area contributed by atoms with Gasteiger partial charge in [-0.15, -0.1) is 0 Å². The van der Waals surface area contributed by atoms with Crippen molar-refractivity contribution in [2.75, 3.05) is 44.2 Å². The van der Waals surface area contributed by atoms with Crippen LogP contribution < -0.4 is 10.6 Å². The number of hydrogen-bond acceptors (Lipinski definition) is 5. The minimum absolute atomic E-state index is 0.387. The second-order valence-corrected chi connectivity index (χ2v) is 4.88. The van der Waals surface area contributed by atoms with Gasteiger partial charge in [-0.25, -0.2) is 14.4 Å². The summed E-state index contributed by atoms with van der Waals surface area (Å²) in [4.78, 5) is 12.6. The van der Waals surface area contributed by atoms with E-state index in [0.29, 0.717) is 5.95 Å². The fourth-order valence-corrected chi connectivity index (χ4v) is 2.30. The van der Waals surface area contributed by atoms with Crippen molar-refractivity contribution in [1.82, 2.24) is 14.9 Å². The summed E-state index contributed by atoms with van der Waals surface area (Å²) >= 11 is 0. The smallest absolute Gasteiger partial charge is 0.225 e. The first-order valence-electron chi connectivity index (χ1n) is 6.94. The molecule has 0 unspecified atom stereocenters. The minimum atomic E-state index is -0.387. The minimum Gasteiger partial charge on any atom is -0.338 e. The van der Waals surface area contributed by atoms with E-state index in [2.05, 4.69) is 19.8 Å². The van der Waals surface area contributed by atoms with Crippen LogP contribution in [0.2, 0.25) is 0 Å². The van der Waals surface area contributed by atoms with E-state index in [4.69, 9.17) is 5.73 Å². The molecule has 1 aliphatic rings. The molecule has 0 bridgehead atoms. The van der Waals surface area contributed by atoms with Crippen LogP contribution in [0.1, 0.15) is 19.3 Å². The Labute approximate surface area is 113 Å². The molecule has 0 aromatic carbocycles. The standard InChI is InChI=1S/C13H22FN5/c14-12-10-16-13(17-11-12)19-8-6-18(7-9-19)5-3-1-2-4-15/h10-11H,1-9,15H2. The lowest BCUT2D eigenvalue weighted by Gasteiger charge is -2.34. The zero-order valence-electron chi connectivity index (χ0n) is 11.3. The molecule has 0 amide bonds. The van der Waals surface area contributed by atoms with Gasteiger partial charge in [0.15, 0.2) is 5.82 Å². The van der Waals surface area contributed by atoms with Crippen LogP contribution in [0.15, 0.2) is 12.4 Å². The van der Waals surface area contributed by atoms with Gasteiger partial charge in [-0.2, -0.15) is 0 Å². The number of halogens is 1. The highest BCUT2D eigenvalue weighted by molar-refractivity contribution is 5.29. The molecule has 2 heterocycles. The van der Waals surface area contributed by atoms with Crippen molar-refractivity contribution in [2.24, 2.45) is 5.73 Å². The molecule has 1 saturated heterocycles. The van der Waals surface area contributed by atoms with E-state index in [9.17, 15) is 4.39 Å². The SMILES string of the molecule is NCCCCCN1CCN(c2ncc(F)cn2)CC1. The lowest BCUT2D eigenvalue weighted by atomic mass is 10.2. The highest BCUT2D eigenvalue weighted by Gasteiger charge is 2.18. The molecule has 19 heavy (non-hydrogen) atoms. The highest BCUT2D eigenvalue weighted by atomic mass is 19.1. The molecule has 2 N–H and O–H groups in total. The van der Waals surface area contributed by atoms with Crippen molar-refractivity contribution in [1.29, 1.82) is 0 Å². The Balaban J connectivity index is 1.71. The fourth-order valence-electron chi connectivity index (χ4n) is 2.30. The van der Waals surface area contributed by atoms with Gasteiger partial charge in [0.2, 0.25) is 5.95 Å². The normalized spacial score (nSPS) is 16.8. The van der Waals surface area contributed by atoms with Gasteiger partial charge in [0.25, 0.3) is 0 Å². The second kappa shape index (κ2) is 7.35. The monoisotopic (exact) mass is 267 g/mol. The Bertz CT molecular complexity index is 362. The molecule has 0 radical (unpaired) electrons. The molecule has 6 heteroatoms. The molecule has 0 aliphatic carbocycles. The van der Waals surface area contributed by atoms with Gasteiger partial charge in [-0.05, 0) is 25.9 Å². The summed E-state index contributed by atoms with van der Waals surface area (Å²) in [7, 11) is 0. The number of nitrogens with two attached hydrogens (primary N) is 1. The third-order valence-corrected chi connectivity index (χ3v) is 3.44. The van der Waals surface area contributed by atoms with E-state index in [1.807, 2.05) is 0 Å². The number of aromatic nitrogens is 2. The van der Waals surface area contributed by atoms with E-state index < -0.39 is 0 Å². The van der Waals surface area contributed by atoms with E-state index in [1.165, 1.54) is 25.2 Å². The molecule has 1 aromatic heterocycles. The average Bonchev–Trinajstić information content (AvgIpc) is 2.45. The lowest BCUT2D eigenvalue weighted by molar-refractivity contribution is 0.251. The maximum absolute atomic E-state index is 12.8. The van der Waals surface area contributed by atoms with Gasteiger partial charge in [0.1, 0.15) is 0 Å². The van der Waals surface area contributed by atoms with Gasteiger partial charge < -0.3 is 10.6 Å². The van der Waals surface area contributed by atoms with Crippen LogP contribution in [0.25, 0.3) is 0 Å². The van der Waals surface area contributed by atoms with Crippen molar-refractivity contribution in [3.8, 4) is 0 Å². The number of piperazine rings is 1. The fraction of sp³-hybridized carbons (Fsp3) is 0.692. The summed E-state index contributed by atoms with van der Waals surface area (Å²) < 4.78 is 12.8. The summed E-state index contributed by atoms with van der Waals surface area (Å²) in [5.74, 6) is 0.242. The molecule has 1 aromatic rings. The maximum Gasteiger partial charge on any atom is 0.225 e. The van der Waals surface area contributed by atoms with Crippen LogP contribution in [0.3, 0.4) is 0 Å². The van der Waals surface area contributed by atoms with Crippen molar-refractivity contribution < 1.29 is 4.39 Å². The van der Waals surface area contributed by atoms with Crippen molar-refractivity contribution in [3.63, 3.8) is 0 Å². The largest absolute Gasteiger partial charge is 0.338 e. The lowest BCUT2D eigenvalue weighted by Crippen LogP contribution is -2.47. The first kappa shape index (κ1) is 14.1. The van der Waals surface area contributed by atoms with Gasteiger partial charge in [0, 0.05) is 26.2 Å². The number of rotatable bonds is 6. The van der Waals surface area contributed by atoms with Gasteiger partial charge in [0.05, 0.1) is 12.4 Å². The molecular formula is C13H22FN5. The summed E-state index contributed by atoms with van der Waals surface area (Å²) in [6, 6.07) is 0. The third-order valence-electron chi connectivity index (χ3n) is 3.44. The Kier molecular flexibility index (Phi) is 5.47. The molecule has 0 saturated carbocycles. The molecular weight excluding hydrogens is 245 g/mol. The predicted octanol–water partition coefficient (Wildman–Crippen LogP) is 0.867. The second-order valence-electron chi connectivity index (χ2n) is 4.88. The zero-order chi connectivity index (χ0) is 13.5. The van der Waals surface area contributed by atoms with E-state index in [1.54, 1.807) is 0 Å². The first-order chi connectivity index (χ1) is 9.29. The van der Waals surface area contributed by atoms with Crippen LogP contribution in [0.4, 0.5) is 10.3 Å². The number of unbranched alkanes of at least 4 members (excludes halogenated alkanes) is 2. The quantitative estimate of drug-likeness (QED) is 0.775. The van der Waals surface area contributed by atoms with Crippen LogP contribution in [-0.4, -0.2) is 54.1 Å². The molecule has 1 aliphatic heterocycles. The zero-order valence-corrected chi connectivity index (χ0v) is 11.3. The summed E-state index contributed by atoms with van der Waals surface area (Å²) in [6.07, 6.45) is 5.98. The number of anilines is 1. The Morgan fingerprint density at radius 3 is 2.37 bits per heavy atom. The number of nitrogens with zero attached hydrogens (tertiary/aromatic N) is 4. The van der Waals surface area contributed by atoms with Crippen molar-refractivity contribution in [3.05, 3.63) is 18.2 Å². The molecule has 0 atom stereocenters. The van der Waals surface area contributed by atoms with E-state index >= 15 is 0 Å². The Morgan fingerprint density at radius 2 is 1.74 bits per heavy atom. The van der Waals surface area contributed by atoms with Crippen LogP contribution in [0, 0.1) is 5.82 Å². The van der Waals surface area contributed by atoms with Crippen molar-refractivity contribution >= 4 is 5.95 Å². The third kappa shape index (κ3) is 4.40. The van der Waals surface area contributed by atoms with Gasteiger partial charge >= 0.3 is 0 Å². The molecule has 106 valence electrons. The van der Waals surface area contributed by atoms with Crippen LogP contribution >= 0.6 is 0 Å².